The van der Waals surface area contributed by atoms with Crippen LogP contribution >= 0.6 is 11.8 Å². The fourth-order valence-corrected chi connectivity index (χ4v) is 2.35. The zero-order valence-corrected chi connectivity index (χ0v) is 11.4. The second kappa shape index (κ2) is 6.91. The summed E-state index contributed by atoms with van der Waals surface area (Å²) in [7, 11) is 1.97. The maximum Gasteiger partial charge on any atom is 0.191 e. The Bertz CT molecular complexity index is 300. The van der Waals surface area contributed by atoms with Gasteiger partial charge in [-0.05, 0) is 13.3 Å². The van der Waals surface area contributed by atoms with Crippen molar-refractivity contribution in [3.05, 3.63) is 6.33 Å². The molecule has 0 aliphatic carbocycles. The first-order valence-electron chi connectivity index (χ1n) is 5.87. The average molecular weight is 242 g/mol. The number of nitrogens with zero attached hydrogens (tertiary/aromatic N) is 3. The van der Waals surface area contributed by atoms with Gasteiger partial charge in [0.2, 0.25) is 0 Å². The standard InChI is InChI=1S/C11H22N4S/c1-5-6-9(2)12-7-10(3)16-11-14-13-8-15(11)4/h8-10,12H,5-7H2,1-4H3. The molecule has 0 saturated carbocycles. The Morgan fingerprint density at radius 3 is 2.81 bits per heavy atom. The fraction of sp³-hybridized carbons (Fsp3) is 0.818. The molecule has 1 rings (SSSR count). The summed E-state index contributed by atoms with van der Waals surface area (Å²) < 4.78 is 1.95. The van der Waals surface area contributed by atoms with Gasteiger partial charge in [0, 0.05) is 24.9 Å². The molecule has 0 bridgehead atoms. The van der Waals surface area contributed by atoms with Gasteiger partial charge in [0.15, 0.2) is 5.16 Å². The molecule has 1 heterocycles. The maximum atomic E-state index is 4.07. The number of hydrogen-bond donors (Lipinski definition) is 1. The number of thioether (sulfide) groups is 1. The van der Waals surface area contributed by atoms with Crippen LogP contribution in [0.5, 0.6) is 0 Å². The highest BCUT2D eigenvalue weighted by molar-refractivity contribution is 7.99. The Labute approximate surface area is 102 Å². The Morgan fingerprint density at radius 1 is 1.50 bits per heavy atom. The molecule has 0 amide bonds. The number of hydrogen-bond acceptors (Lipinski definition) is 4. The first kappa shape index (κ1) is 13.5. The smallest absolute Gasteiger partial charge is 0.191 e. The van der Waals surface area contributed by atoms with E-state index in [-0.39, 0.29) is 0 Å². The molecule has 1 aromatic heterocycles. The lowest BCUT2D eigenvalue weighted by Gasteiger charge is -2.16. The monoisotopic (exact) mass is 242 g/mol. The quantitative estimate of drug-likeness (QED) is 0.743. The van der Waals surface area contributed by atoms with Crippen LogP contribution in [-0.4, -0.2) is 32.6 Å². The van der Waals surface area contributed by atoms with E-state index in [0.717, 1.165) is 11.7 Å². The highest BCUT2D eigenvalue weighted by Crippen LogP contribution is 2.19. The molecule has 4 nitrogen and oxygen atoms in total. The van der Waals surface area contributed by atoms with Gasteiger partial charge in [-0.3, -0.25) is 0 Å². The predicted molar refractivity (Wildman–Crippen MR) is 68.7 cm³/mol. The van der Waals surface area contributed by atoms with E-state index >= 15 is 0 Å². The Hall–Kier alpha value is -0.550. The van der Waals surface area contributed by atoms with Crippen LogP contribution in [0.4, 0.5) is 0 Å². The van der Waals surface area contributed by atoms with Crippen molar-refractivity contribution in [2.75, 3.05) is 6.54 Å². The van der Waals surface area contributed by atoms with Gasteiger partial charge in [-0.1, -0.05) is 32.0 Å². The van der Waals surface area contributed by atoms with Crippen LogP contribution in [0.3, 0.4) is 0 Å². The van der Waals surface area contributed by atoms with E-state index in [9.17, 15) is 0 Å². The number of nitrogens with one attached hydrogen (secondary N) is 1. The van der Waals surface area contributed by atoms with Crippen LogP contribution in [0.1, 0.15) is 33.6 Å². The minimum Gasteiger partial charge on any atom is -0.313 e. The molecular formula is C11H22N4S. The minimum absolute atomic E-state index is 0.516. The fourth-order valence-electron chi connectivity index (χ4n) is 1.50. The molecule has 5 heteroatoms. The van der Waals surface area contributed by atoms with Crippen LogP contribution in [0, 0.1) is 0 Å². The summed E-state index contributed by atoms with van der Waals surface area (Å²) in [6.07, 6.45) is 4.21. The van der Waals surface area contributed by atoms with E-state index in [1.807, 2.05) is 11.6 Å². The SMILES string of the molecule is CCCC(C)NCC(C)Sc1nncn1C. The first-order chi connectivity index (χ1) is 7.63. The zero-order chi connectivity index (χ0) is 12.0. The Kier molecular flexibility index (Phi) is 5.84. The van der Waals surface area contributed by atoms with Gasteiger partial charge in [-0.25, -0.2) is 0 Å². The van der Waals surface area contributed by atoms with Gasteiger partial charge >= 0.3 is 0 Å². The average Bonchev–Trinajstić information content (AvgIpc) is 2.62. The molecule has 0 spiro atoms. The summed E-state index contributed by atoms with van der Waals surface area (Å²) in [5.41, 5.74) is 0. The van der Waals surface area contributed by atoms with Crippen molar-refractivity contribution in [1.29, 1.82) is 0 Å². The Balaban J connectivity index is 2.26. The van der Waals surface area contributed by atoms with Crippen LogP contribution in [0.15, 0.2) is 11.5 Å². The van der Waals surface area contributed by atoms with Gasteiger partial charge in [0.25, 0.3) is 0 Å². The molecule has 0 aliphatic rings. The molecule has 0 saturated heterocycles. The van der Waals surface area contributed by atoms with Gasteiger partial charge < -0.3 is 9.88 Å². The largest absolute Gasteiger partial charge is 0.313 e. The van der Waals surface area contributed by atoms with E-state index < -0.39 is 0 Å². The third-order valence-electron chi connectivity index (χ3n) is 2.45. The lowest BCUT2D eigenvalue weighted by Crippen LogP contribution is -2.31. The molecule has 92 valence electrons. The predicted octanol–water partition coefficient (Wildman–Crippen LogP) is 2.07. The zero-order valence-electron chi connectivity index (χ0n) is 10.6. The van der Waals surface area contributed by atoms with Crippen LogP contribution in [0.25, 0.3) is 0 Å². The van der Waals surface area contributed by atoms with Crippen LogP contribution < -0.4 is 5.32 Å². The lowest BCUT2D eigenvalue weighted by atomic mass is 10.2. The number of aromatic nitrogens is 3. The summed E-state index contributed by atoms with van der Waals surface area (Å²) in [6.45, 7) is 7.68. The van der Waals surface area contributed by atoms with Gasteiger partial charge in [-0.15, -0.1) is 10.2 Å². The van der Waals surface area contributed by atoms with E-state index in [1.165, 1.54) is 12.8 Å². The number of rotatable bonds is 7. The highest BCUT2D eigenvalue weighted by atomic mass is 32.2. The van der Waals surface area contributed by atoms with Crippen molar-refractivity contribution in [3.63, 3.8) is 0 Å². The van der Waals surface area contributed by atoms with E-state index in [1.54, 1.807) is 18.1 Å². The summed E-state index contributed by atoms with van der Waals surface area (Å²) in [5.74, 6) is 0. The third-order valence-corrected chi connectivity index (χ3v) is 3.60. The van der Waals surface area contributed by atoms with Crippen molar-refractivity contribution in [1.82, 2.24) is 20.1 Å². The summed E-state index contributed by atoms with van der Waals surface area (Å²) >= 11 is 1.76. The van der Waals surface area contributed by atoms with Crippen molar-refractivity contribution in [2.24, 2.45) is 7.05 Å². The van der Waals surface area contributed by atoms with Gasteiger partial charge in [-0.2, -0.15) is 0 Å². The molecule has 0 radical (unpaired) electrons. The summed E-state index contributed by atoms with van der Waals surface area (Å²) in [6, 6.07) is 0.604. The molecular weight excluding hydrogens is 220 g/mol. The maximum absolute atomic E-state index is 4.07. The van der Waals surface area contributed by atoms with Crippen molar-refractivity contribution in [2.45, 2.75) is 50.1 Å². The molecule has 1 aromatic rings. The second-order valence-electron chi connectivity index (χ2n) is 4.25. The second-order valence-corrected chi connectivity index (χ2v) is 5.66. The van der Waals surface area contributed by atoms with E-state index in [4.69, 9.17) is 0 Å². The Morgan fingerprint density at radius 2 is 2.25 bits per heavy atom. The topological polar surface area (TPSA) is 42.7 Å². The highest BCUT2D eigenvalue weighted by Gasteiger charge is 2.09. The normalized spacial score (nSPS) is 15.0. The van der Waals surface area contributed by atoms with Crippen LogP contribution in [0.2, 0.25) is 0 Å². The number of aryl methyl sites for hydroxylation is 1. The summed E-state index contributed by atoms with van der Waals surface area (Å²) in [4.78, 5) is 0. The molecule has 16 heavy (non-hydrogen) atoms. The lowest BCUT2D eigenvalue weighted by molar-refractivity contribution is 0.511. The first-order valence-corrected chi connectivity index (χ1v) is 6.75. The molecule has 2 atom stereocenters. The van der Waals surface area contributed by atoms with E-state index in [2.05, 4.69) is 36.3 Å². The van der Waals surface area contributed by atoms with Crippen molar-refractivity contribution >= 4 is 11.8 Å². The molecule has 2 unspecified atom stereocenters. The summed E-state index contributed by atoms with van der Waals surface area (Å²) in [5, 5.41) is 13.0. The van der Waals surface area contributed by atoms with Crippen molar-refractivity contribution in [3.8, 4) is 0 Å². The van der Waals surface area contributed by atoms with Gasteiger partial charge in [0.05, 0.1) is 0 Å². The minimum atomic E-state index is 0.516. The molecule has 0 aliphatic heterocycles. The van der Waals surface area contributed by atoms with E-state index in [0.29, 0.717) is 11.3 Å². The molecule has 1 N–H and O–H groups in total. The van der Waals surface area contributed by atoms with Gasteiger partial charge in [0.1, 0.15) is 6.33 Å². The van der Waals surface area contributed by atoms with Crippen LogP contribution in [-0.2, 0) is 7.05 Å². The van der Waals surface area contributed by atoms with Crippen molar-refractivity contribution < 1.29 is 0 Å². The molecule has 0 aromatic carbocycles. The molecule has 0 fully saturated rings. The third kappa shape index (κ3) is 4.53.